The molecule has 1 aliphatic rings. The van der Waals surface area contributed by atoms with Crippen LogP contribution in [0.15, 0.2) is 24.5 Å². The van der Waals surface area contributed by atoms with Crippen molar-refractivity contribution in [3.8, 4) is 11.8 Å². The Hall–Kier alpha value is -3.42. The molecule has 1 fully saturated rings. The number of nitrogens with one attached hydrogen (secondary N) is 3. The standard InChI is InChI=1S/C21H24ClN7O3/c1-32-18-9-14(4-5-24-6-8-29-7-2-3-20(29)30)16(22)10-17(18)27-21(31)28-19-13-25-15(11-23)12-26-19/h9-10,12-13,24H,2-8H2,1H3,(H2,26,27,28,31). The zero-order chi connectivity index (χ0) is 22.9. The molecule has 2 heterocycles. The first-order valence-electron chi connectivity index (χ1n) is 10.1. The van der Waals surface area contributed by atoms with Crippen LogP contribution in [-0.4, -0.2) is 60.1 Å². The maximum atomic E-state index is 12.3. The van der Waals surface area contributed by atoms with Crippen LogP contribution in [-0.2, 0) is 11.2 Å². The number of nitriles is 1. The van der Waals surface area contributed by atoms with Crippen molar-refractivity contribution in [2.24, 2.45) is 0 Å². The Kier molecular flexibility index (Phi) is 8.19. The minimum Gasteiger partial charge on any atom is -0.495 e. The third-order valence-corrected chi connectivity index (χ3v) is 5.28. The molecule has 1 saturated heterocycles. The summed E-state index contributed by atoms with van der Waals surface area (Å²) in [6.07, 6.45) is 4.80. The van der Waals surface area contributed by atoms with Crippen molar-refractivity contribution < 1.29 is 14.3 Å². The summed E-state index contributed by atoms with van der Waals surface area (Å²) >= 11 is 6.41. The number of likely N-dealkylation sites (tertiary alicyclic amines) is 1. The fraction of sp³-hybridized carbons (Fsp3) is 0.381. The average Bonchev–Trinajstić information content (AvgIpc) is 3.20. The summed E-state index contributed by atoms with van der Waals surface area (Å²) in [5.74, 6) is 0.885. The normalized spacial score (nSPS) is 13.0. The Bertz CT molecular complexity index is 1010. The monoisotopic (exact) mass is 457 g/mol. The van der Waals surface area contributed by atoms with E-state index in [2.05, 4.69) is 25.9 Å². The molecule has 2 aromatic rings. The second kappa shape index (κ2) is 11.3. The molecule has 1 aliphatic heterocycles. The van der Waals surface area contributed by atoms with E-state index >= 15 is 0 Å². The molecular formula is C21H24ClN7O3. The number of methoxy groups -OCH3 is 1. The van der Waals surface area contributed by atoms with E-state index in [1.807, 2.05) is 11.0 Å². The first-order chi connectivity index (χ1) is 15.5. The Morgan fingerprint density at radius 3 is 2.78 bits per heavy atom. The zero-order valence-electron chi connectivity index (χ0n) is 17.7. The topological polar surface area (TPSA) is 132 Å². The maximum Gasteiger partial charge on any atom is 0.325 e. The first kappa shape index (κ1) is 23.2. The molecule has 0 unspecified atom stereocenters. The van der Waals surface area contributed by atoms with Crippen molar-refractivity contribution in [1.82, 2.24) is 20.2 Å². The number of ether oxygens (including phenoxy) is 1. The van der Waals surface area contributed by atoms with Gasteiger partial charge in [0, 0.05) is 31.1 Å². The van der Waals surface area contributed by atoms with E-state index in [-0.39, 0.29) is 17.4 Å². The second-order valence-electron chi connectivity index (χ2n) is 7.11. The second-order valence-corrected chi connectivity index (χ2v) is 7.51. The van der Waals surface area contributed by atoms with E-state index in [1.54, 1.807) is 12.1 Å². The lowest BCUT2D eigenvalue weighted by Gasteiger charge is -2.16. The average molecular weight is 458 g/mol. The summed E-state index contributed by atoms with van der Waals surface area (Å²) in [6.45, 7) is 2.95. The fourth-order valence-corrected chi connectivity index (χ4v) is 3.53. The van der Waals surface area contributed by atoms with Gasteiger partial charge in [0.2, 0.25) is 5.91 Å². The van der Waals surface area contributed by atoms with Gasteiger partial charge in [-0.1, -0.05) is 11.6 Å². The zero-order valence-corrected chi connectivity index (χ0v) is 18.4. The van der Waals surface area contributed by atoms with E-state index in [9.17, 15) is 9.59 Å². The molecule has 32 heavy (non-hydrogen) atoms. The number of carbonyl (C=O) groups excluding carboxylic acids is 2. The van der Waals surface area contributed by atoms with Crippen molar-refractivity contribution >= 4 is 35.0 Å². The van der Waals surface area contributed by atoms with E-state index in [4.69, 9.17) is 21.6 Å². The van der Waals surface area contributed by atoms with E-state index in [1.165, 1.54) is 19.5 Å². The van der Waals surface area contributed by atoms with Crippen LogP contribution in [0.3, 0.4) is 0 Å². The van der Waals surface area contributed by atoms with Gasteiger partial charge in [0.05, 0.1) is 25.2 Å². The molecule has 0 saturated carbocycles. The van der Waals surface area contributed by atoms with Crippen molar-refractivity contribution in [1.29, 1.82) is 5.26 Å². The van der Waals surface area contributed by atoms with Crippen LogP contribution in [0.4, 0.5) is 16.3 Å². The van der Waals surface area contributed by atoms with Gasteiger partial charge in [0.1, 0.15) is 11.8 Å². The van der Waals surface area contributed by atoms with Crippen LogP contribution in [0.1, 0.15) is 24.1 Å². The Morgan fingerprint density at radius 1 is 1.28 bits per heavy atom. The van der Waals surface area contributed by atoms with Gasteiger partial charge in [-0.2, -0.15) is 5.26 Å². The highest BCUT2D eigenvalue weighted by atomic mass is 35.5. The molecule has 0 atom stereocenters. The number of nitrogens with zero attached hydrogens (tertiary/aromatic N) is 4. The number of carbonyl (C=O) groups is 2. The molecule has 0 aliphatic carbocycles. The van der Waals surface area contributed by atoms with Crippen LogP contribution in [0.2, 0.25) is 5.02 Å². The molecule has 0 bridgehead atoms. The van der Waals surface area contributed by atoms with Gasteiger partial charge in [-0.3, -0.25) is 10.1 Å². The van der Waals surface area contributed by atoms with Gasteiger partial charge in [-0.15, -0.1) is 0 Å². The van der Waals surface area contributed by atoms with E-state index in [0.717, 1.165) is 25.1 Å². The van der Waals surface area contributed by atoms with Crippen molar-refractivity contribution in [3.05, 3.63) is 40.8 Å². The molecule has 168 valence electrons. The van der Waals surface area contributed by atoms with Crippen LogP contribution < -0.4 is 20.7 Å². The third kappa shape index (κ3) is 6.29. The molecule has 1 aromatic heterocycles. The number of rotatable bonds is 9. The molecule has 3 amide bonds. The molecule has 11 heteroatoms. The first-order valence-corrected chi connectivity index (χ1v) is 10.5. The van der Waals surface area contributed by atoms with Gasteiger partial charge in [-0.25, -0.2) is 14.8 Å². The Morgan fingerprint density at radius 2 is 2.12 bits per heavy atom. The third-order valence-electron chi connectivity index (χ3n) is 4.93. The maximum absolute atomic E-state index is 12.3. The summed E-state index contributed by atoms with van der Waals surface area (Å²) in [7, 11) is 1.51. The van der Waals surface area contributed by atoms with Crippen molar-refractivity contribution in [2.75, 3.05) is 43.9 Å². The lowest BCUT2D eigenvalue weighted by molar-refractivity contribution is -0.127. The molecule has 0 radical (unpaired) electrons. The summed E-state index contributed by atoms with van der Waals surface area (Å²) in [5.41, 5.74) is 1.43. The number of hydrogen-bond donors (Lipinski definition) is 3. The smallest absolute Gasteiger partial charge is 0.325 e. The molecule has 3 rings (SSSR count). The van der Waals surface area contributed by atoms with Gasteiger partial charge in [0.25, 0.3) is 0 Å². The quantitative estimate of drug-likeness (QED) is 0.492. The largest absolute Gasteiger partial charge is 0.495 e. The number of benzene rings is 1. The summed E-state index contributed by atoms with van der Waals surface area (Å²) in [5, 5.41) is 17.8. The Labute approximate surface area is 190 Å². The summed E-state index contributed by atoms with van der Waals surface area (Å²) in [4.78, 5) is 33.6. The van der Waals surface area contributed by atoms with Crippen molar-refractivity contribution in [3.63, 3.8) is 0 Å². The SMILES string of the molecule is COc1cc(CCNCCN2CCCC2=O)c(Cl)cc1NC(=O)Nc1cnc(C#N)cn1. The van der Waals surface area contributed by atoms with E-state index in [0.29, 0.717) is 42.4 Å². The minimum absolute atomic E-state index is 0.152. The van der Waals surface area contributed by atoms with Crippen LogP contribution >= 0.6 is 11.6 Å². The molecule has 3 N–H and O–H groups in total. The predicted octanol–water partition coefficient (Wildman–Crippen LogP) is 2.41. The predicted molar refractivity (Wildman–Crippen MR) is 120 cm³/mol. The number of hydrogen-bond acceptors (Lipinski definition) is 7. The number of aromatic nitrogens is 2. The van der Waals surface area contributed by atoms with Gasteiger partial charge < -0.3 is 20.3 Å². The van der Waals surface area contributed by atoms with Crippen LogP contribution in [0.5, 0.6) is 5.75 Å². The van der Waals surface area contributed by atoms with Crippen LogP contribution in [0.25, 0.3) is 0 Å². The van der Waals surface area contributed by atoms with Gasteiger partial charge in [0.15, 0.2) is 11.5 Å². The number of halogens is 1. The van der Waals surface area contributed by atoms with E-state index < -0.39 is 6.03 Å². The van der Waals surface area contributed by atoms with Crippen molar-refractivity contribution in [2.45, 2.75) is 19.3 Å². The van der Waals surface area contributed by atoms with Gasteiger partial charge >= 0.3 is 6.03 Å². The highest BCUT2D eigenvalue weighted by Gasteiger charge is 2.19. The number of anilines is 2. The fourth-order valence-electron chi connectivity index (χ4n) is 3.28. The Balaban J connectivity index is 1.52. The van der Waals surface area contributed by atoms with Crippen LogP contribution in [0, 0.1) is 11.3 Å². The highest BCUT2D eigenvalue weighted by Crippen LogP contribution is 2.31. The molecule has 10 nitrogen and oxygen atoms in total. The lowest BCUT2D eigenvalue weighted by Crippen LogP contribution is -2.33. The lowest BCUT2D eigenvalue weighted by atomic mass is 10.1. The summed E-state index contributed by atoms with van der Waals surface area (Å²) in [6, 6.07) is 4.72. The number of urea groups is 1. The minimum atomic E-state index is -0.552. The highest BCUT2D eigenvalue weighted by molar-refractivity contribution is 6.31. The number of amides is 3. The molecule has 0 spiro atoms. The summed E-state index contributed by atoms with van der Waals surface area (Å²) < 4.78 is 5.40. The molecular weight excluding hydrogens is 434 g/mol. The van der Waals surface area contributed by atoms with Gasteiger partial charge in [-0.05, 0) is 37.1 Å². The molecule has 1 aromatic carbocycles.